The summed E-state index contributed by atoms with van der Waals surface area (Å²) in [6, 6.07) is 8.90. The van der Waals surface area contributed by atoms with Crippen molar-refractivity contribution in [2.24, 2.45) is 0 Å². The van der Waals surface area contributed by atoms with E-state index in [1.165, 1.54) is 17.0 Å². The zero-order valence-corrected chi connectivity index (χ0v) is 13.9. The van der Waals surface area contributed by atoms with Crippen molar-refractivity contribution in [3.8, 4) is 0 Å². The van der Waals surface area contributed by atoms with Crippen LogP contribution >= 0.6 is 0 Å². The van der Waals surface area contributed by atoms with Crippen LogP contribution in [-0.2, 0) is 13.1 Å². The molecule has 3 rings (SSSR count). The van der Waals surface area contributed by atoms with Crippen molar-refractivity contribution in [1.29, 1.82) is 0 Å². The quantitative estimate of drug-likeness (QED) is 0.733. The number of nitrogens with zero attached hydrogens (tertiary/aromatic N) is 4. The molecular formula is C18H19N5O2. The van der Waals surface area contributed by atoms with Gasteiger partial charge in [-0.3, -0.25) is 14.2 Å². The highest BCUT2D eigenvalue weighted by Crippen LogP contribution is 2.06. The minimum absolute atomic E-state index is 0.120. The average molecular weight is 337 g/mol. The second-order valence-corrected chi connectivity index (χ2v) is 5.75. The van der Waals surface area contributed by atoms with Gasteiger partial charge in [0.1, 0.15) is 0 Å². The lowest BCUT2D eigenvalue weighted by atomic mass is 10.1. The van der Waals surface area contributed by atoms with Crippen LogP contribution in [0.4, 0.5) is 0 Å². The molecule has 0 unspecified atom stereocenters. The fourth-order valence-electron chi connectivity index (χ4n) is 2.43. The van der Waals surface area contributed by atoms with Crippen LogP contribution in [0.5, 0.6) is 0 Å². The first-order valence-electron chi connectivity index (χ1n) is 7.98. The molecule has 7 heteroatoms. The number of aromatic nitrogens is 4. The molecule has 1 amide bonds. The smallest absolute Gasteiger partial charge is 0.253 e. The fourth-order valence-corrected chi connectivity index (χ4v) is 2.43. The molecule has 1 aromatic carbocycles. The van der Waals surface area contributed by atoms with Crippen molar-refractivity contribution >= 4 is 5.91 Å². The zero-order chi connectivity index (χ0) is 17.6. The maximum atomic E-state index is 12.2. The van der Waals surface area contributed by atoms with Crippen molar-refractivity contribution in [3.05, 3.63) is 82.6 Å². The SMILES string of the molecule is Cc1cc(=O)n(CCNC(=O)c2ccc(Cn3ccnc3)cc2)cn1. The number of hydrogen-bond donors (Lipinski definition) is 1. The van der Waals surface area contributed by atoms with Gasteiger partial charge in [-0.2, -0.15) is 0 Å². The minimum atomic E-state index is -0.165. The van der Waals surface area contributed by atoms with Crippen LogP contribution in [0, 0.1) is 6.92 Å². The highest BCUT2D eigenvalue weighted by Gasteiger charge is 2.05. The molecule has 0 bridgehead atoms. The lowest BCUT2D eigenvalue weighted by molar-refractivity contribution is 0.0952. The van der Waals surface area contributed by atoms with E-state index < -0.39 is 0 Å². The molecule has 0 atom stereocenters. The number of aryl methyl sites for hydroxylation is 1. The van der Waals surface area contributed by atoms with E-state index in [4.69, 9.17) is 0 Å². The number of carbonyl (C=O) groups is 1. The highest BCUT2D eigenvalue weighted by atomic mass is 16.1. The zero-order valence-electron chi connectivity index (χ0n) is 13.9. The van der Waals surface area contributed by atoms with Gasteiger partial charge in [0.2, 0.25) is 0 Å². The molecule has 0 radical (unpaired) electrons. The maximum Gasteiger partial charge on any atom is 0.253 e. The lowest BCUT2D eigenvalue weighted by Gasteiger charge is -2.08. The molecule has 1 N–H and O–H groups in total. The monoisotopic (exact) mass is 337 g/mol. The van der Waals surface area contributed by atoms with Gasteiger partial charge < -0.3 is 9.88 Å². The first-order valence-corrected chi connectivity index (χ1v) is 7.98. The molecule has 0 fully saturated rings. The number of rotatable bonds is 6. The molecule has 0 aliphatic carbocycles. The number of amides is 1. The summed E-state index contributed by atoms with van der Waals surface area (Å²) in [5.74, 6) is -0.165. The average Bonchev–Trinajstić information content (AvgIpc) is 3.10. The first kappa shape index (κ1) is 16.6. The predicted molar refractivity (Wildman–Crippen MR) is 93.3 cm³/mol. The second-order valence-electron chi connectivity index (χ2n) is 5.75. The summed E-state index contributed by atoms with van der Waals surface area (Å²) in [5.41, 5.74) is 2.24. The van der Waals surface area contributed by atoms with Gasteiger partial charge >= 0.3 is 0 Å². The minimum Gasteiger partial charge on any atom is -0.350 e. The summed E-state index contributed by atoms with van der Waals surface area (Å²) >= 11 is 0. The third-order valence-electron chi connectivity index (χ3n) is 3.79. The summed E-state index contributed by atoms with van der Waals surface area (Å²) < 4.78 is 3.43. The van der Waals surface area contributed by atoms with Crippen molar-refractivity contribution in [1.82, 2.24) is 24.4 Å². The maximum absolute atomic E-state index is 12.2. The Morgan fingerprint density at radius 2 is 2.00 bits per heavy atom. The molecule has 2 aromatic heterocycles. The lowest BCUT2D eigenvalue weighted by Crippen LogP contribution is -2.30. The van der Waals surface area contributed by atoms with Gasteiger partial charge in [-0.05, 0) is 24.6 Å². The third-order valence-corrected chi connectivity index (χ3v) is 3.79. The van der Waals surface area contributed by atoms with Crippen LogP contribution in [0.3, 0.4) is 0 Å². The molecular weight excluding hydrogens is 318 g/mol. The molecule has 0 saturated heterocycles. The van der Waals surface area contributed by atoms with Crippen LogP contribution in [0.15, 0.2) is 60.2 Å². The van der Waals surface area contributed by atoms with E-state index in [9.17, 15) is 9.59 Å². The van der Waals surface area contributed by atoms with Gasteiger partial charge in [0.15, 0.2) is 0 Å². The summed E-state index contributed by atoms with van der Waals surface area (Å²) in [7, 11) is 0. The number of carbonyl (C=O) groups excluding carboxylic acids is 1. The van der Waals surface area contributed by atoms with Crippen LogP contribution in [-0.4, -0.2) is 31.6 Å². The van der Waals surface area contributed by atoms with E-state index in [0.717, 1.165) is 5.56 Å². The molecule has 0 spiro atoms. The Bertz CT molecular complexity index is 898. The topological polar surface area (TPSA) is 81.8 Å². The number of hydrogen-bond acceptors (Lipinski definition) is 4. The van der Waals surface area contributed by atoms with Crippen molar-refractivity contribution < 1.29 is 4.79 Å². The number of imidazole rings is 1. The van der Waals surface area contributed by atoms with E-state index in [0.29, 0.717) is 30.9 Å². The summed E-state index contributed by atoms with van der Waals surface area (Å²) in [6.45, 7) is 3.23. The Morgan fingerprint density at radius 3 is 2.68 bits per heavy atom. The van der Waals surface area contributed by atoms with Gasteiger partial charge in [0.05, 0.1) is 12.7 Å². The Kier molecular flexibility index (Phi) is 5.03. The Hall–Kier alpha value is -3.22. The molecule has 7 nitrogen and oxygen atoms in total. The van der Waals surface area contributed by atoms with Gasteiger partial charge in [0, 0.05) is 49.4 Å². The Balaban J connectivity index is 1.53. The summed E-state index contributed by atoms with van der Waals surface area (Å²) in [5, 5.41) is 2.81. The molecule has 3 aromatic rings. The van der Waals surface area contributed by atoms with E-state index in [1.807, 2.05) is 22.9 Å². The third kappa shape index (κ3) is 4.41. The van der Waals surface area contributed by atoms with Gasteiger partial charge in [-0.15, -0.1) is 0 Å². The number of benzene rings is 1. The van der Waals surface area contributed by atoms with Crippen LogP contribution < -0.4 is 10.9 Å². The normalized spacial score (nSPS) is 10.6. The fraction of sp³-hybridized carbons (Fsp3) is 0.222. The van der Waals surface area contributed by atoms with Gasteiger partial charge in [0.25, 0.3) is 11.5 Å². The largest absolute Gasteiger partial charge is 0.350 e. The Labute approximate surface area is 145 Å². The highest BCUT2D eigenvalue weighted by molar-refractivity contribution is 5.94. The molecule has 128 valence electrons. The molecule has 0 aliphatic rings. The van der Waals surface area contributed by atoms with Crippen molar-refractivity contribution in [2.75, 3.05) is 6.54 Å². The van der Waals surface area contributed by atoms with Crippen molar-refractivity contribution in [3.63, 3.8) is 0 Å². The molecule has 2 heterocycles. The van der Waals surface area contributed by atoms with Gasteiger partial charge in [-0.25, -0.2) is 9.97 Å². The molecule has 0 saturated carbocycles. The molecule has 25 heavy (non-hydrogen) atoms. The van der Waals surface area contributed by atoms with Gasteiger partial charge in [-0.1, -0.05) is 12.1 Å². The predicted octanol–water partition coefficient (Wildman–Crippen LogP) is 1.23. The van der Waals surface area contributed by atoms with E-state index in [1.54, 1.807) is 31.6 Å². The standard InChI is InChI=1S/C18H19N5O2/c1-14-10-17(24)23(13-21-14)9-7-20-18(25)16-4-2-15(3-5-16)11-22-8-6-19-12-22/h2-6,8,10,12-13H,7,9,11H2,1H3,(H,20,25). The first-order chi connectivity index (χ1) is 12.1. The van der Waals surface area contributed by atoms with Crippen LogP contribution in [0.25, 0.3) is 0 Å². The Morgan fingerprint density at radius 1 is 1.20 bits per heavy atom. The molecule has 0 aliphatic heterocycles. The van der Waals surface area contributed by atoms with E-state index >= 15 is 0 Å². The van der Waals surface area contributed by atoms with Crippen molar-refractivity contribution in [2.45, 2.75) is 20.0 Å². The second kappa shape index (κ2) is 7.57. The van der Waals surface area contributed by atoms with E-state index in [2.05, 4.69) is 15.3 Å². The van der Waals surface area contributed by atoms with Crippen LogP contribution in [0.2, 0.25) is 0 Å². The van der Waals surface area contributed by atoms with Crippen LogP contribution in [0.1, 0.15) is 21.6 Å². The van der Waals surface area contributed by atoms with E-state index in [-0.39, 0.29) is 11.5 Å². The number of nitrogens with one attached hydrogen (secondary N) is 1. The summed E-state index contributed by atoms with van der Waals surface area (Å²) in [6.07, 6.45) is 6.87. The summed E-state index contributed by atoms with van der Waals surface area (Å²) in [4.78, 5) is 32.0.